The van der Waals surface area contributed by atoms with Crippen molar-refractivity contribution in [3.63, 3.8) is 0 Å². The van der Waals surface area contributed by atoms with Crippen LogP contribution in [0.25, 0.3) is 0 Å². The Balaban J connectivity index is 1.26. The summed E-state index contributed by atoms with van der Waals surface area (Å²) in [6.45, 7) is 7.46. The number of halogens is 1. The second-order valence-electron chi connectivity index (χ2n) is 8.05. The average molecular weight is 457 g/mol. The molecule has 1 saturated heterocycles. The van der Waals surface area contributed by atoms with Crippen molar-refractivity contribution in [1.82, 2.24) is 14.8 Å². The van der Waals surface area contributed by atoms with E-state index >= 15 is 0 Å². The summed E-state index contributed by atoms with van der Waals surface area (Å²) in [7, 11) is 1.59. The third-order valence-corrected chi connectivity index (χ3v) is 6.16. The van der Waals surface area contributed by atoms with Crippen molar-refractivity contribution in [2.24, 2.45) is 0 Å². The molecule has 0 radical (unpaired) electrons. The molecule has 0 atom stereocenters. The van der Waals surface area contributed by atoms with Crippen molar-refractivity contribution in [2.75, 3.05) is 51.3 Å². The third-order valence-electron chi connectivity index (χ3n) is 5.95. The number of fused-ring (bicyclic) bond motifs is 1. The van der Waals surface area contributed by atoms with Crippen molar-refractivity contribution in [2.45, 2.75) is 19.8 Å². The van der Waals surface area contributed by atoms with Crippen LogP contribution in [-0.2, 0) is 0 Å². The normalized spacial score (nSPS) is 16.8. The first-order valence-corrected chi connectivity index (χ1v) is 11.4. The molecule has 32 heavy (non-hydrogen) atoms. The Morgan fingerprint density at radius 1 is 1.09 bits per heavy atom. The topological polar surface area (TPSA) is 58.1 Å². The first-order valence-electron chi connectivity index (χ1n) is 11.0. The minimum atomic E-state index is -0.0483. The number of benzene rings is 1. The molecule has 0 spiro atoms. The molecule has 1 aromatic carbocycles. The van der Waals surface area contributed by atoms with Crippen molar-refractivity contribution >= 4 is 23.3 Å². The minimum absolute atomic E-state index is 0.0483. The number of amides is 1. The molecule has 1 amide bonds. The van der Waals surface area contributed by atoms with Gasteiger partial charge in [0.2, 0.25) is 0 Å². The number of piperazine rings is 1. The zero-order valence-corrected chi connectivity index (χ0v) is 19.3. The number of pyridine rings is 1. The molecule has 0 unspecified atom stereocenters. The van der Waals surface area contributed by atoms with Gasteiger partial charge in [-0.05, 0) is 56.6 Å². The number of carbonyl (C=O) groups excluding carboxylic acids is 1. The maximum Gasteiger partial charge on any atom is 0.262 e. The van der Waals surface area contributed by atoms with Crippen molar-refractivity contribution in [1.29, 1.82) is 0 Å². The fourth-order valence-electron chi connectivity index (χ4n) is 4.08. The molecule has 1 fully saturated rings. The highest BCUT2D eigenvalue weighted by molar-refractivity contribution is 6.29. The number of allylic oxidation sites excluding steroid dienone is 1. The Morgan fingerprint density at radius 3 is 2.62 bits per heavy atom. The largest absolute Gasteiger partial charge is 0.497 e. The lowest BCUT2D eigenvalue weighted by atomic mass is 10.1. The zero-order valence-electron chi connectivity index (χ0n) is 18.6. The van der Waals surface area contributed by atoms with Gasteiger partial charge in [0, 0.05) is 32.7 Å². The lowest BCUT2D eigenvalue weighted by Gasteiger charge is -2.35. The number of ether oxygens (including phenoxy) is 2. The molecule has 2 aromatic rings. The van der Waals surface area contributed by atoms with Gasteiger partial charge < -0.3 is 19.3 Å². The summed E-state index contributed by atoms with van der Waals surface area (Å²) in [4.78, 5) is 24.1. The fraction of sp³-hybridized carbons (Fsp3) is 0.417. The van der Waals surface area contributed by atoms with E-state index in [0.29, 0.717) is 28.8 Å². The molecule has 2 aliphatic rings. The van der Waals surface area contributed by atoms with Crippen molar-refractivity contribution < 1.29 is 14.3 Å². The predicted molar refractivity (Wildman–Crippen MR) is 126 cm³/mol. The van der Waals surface area contributed by atoms with E-state index in [9.17, 15) is 4.79 Å². The first kappa shape index (κ1) is 22.4. The van der Waals surface area contributed by atoms with Gasteiger partial charge in [-0.15, -0.1) is 0 Å². The quantitative estimate of drug-likeness (QED) is 0.463. The van der Waals surface area contributed by atoms with Crippen LogP contribution in [0.4, 0.5) is 5.82 Å². The number of anilines is 1. The van der Waals surface area contributed by atoms with Gasteiger partial charge in [-0.3, -0.25) is 9.69 Å². The average Bonchev–Trinajstić information content (AvgIpc) is 2.93. The molecule has 2 aliphatic heterocycles. The van der Waals surface area contributed by atoms with Crippen LogP contribution in [0.1, 0.15) is 30.1 Å². The number of methoxy groups -OCH3 is 1. The lowest BCUT2D eigenvalue weighted by Crippen LogP contribution is -2.47. The molecule has 3 heterocycles. The van der Waals surface area contributed by atoms with Crippen LogP contribution in [-0.4, -0.2) is 67.1 Å². The van der Waals surface area contributed by atoms with E-state index in [2.05, 4.69) is 14.8 Å². The first-order chi connectivity index (χ1) is 15.5. The molecule has 1 aromatic heterocycles. The van der Waals surface area contributed by atoms with E-state index in [1.807, 2.05) is 19.1 Å². The second kappa shape index (κ2) is 10.2. The summed E-state index contributed by atoms with van der Waals surface area (Å²) >= 11 is 6.02. The predicted octanol–water partition coefficient (Wildman–Crippen LogP) is 4.04. The third kappa shape index (κ3) is 5.16. The standard InChI is InChI=1S/C24H29ClN4O3/c1-18-17-32-21-9-8-19(31-2)16-20(21)24(30)29(18)11-4-3-10-27-12-14-28(15-13-27)23-7-5-6-22(25)26-23/h5-9,16-17H,3-4,10-15H2,1-2H3. The molecule has 7 nitrogen and oxygen atoms in total. The number of hydrogen-bond donors (Lipinski definition) is 0. The van der Waals surface area contributed by atoms with Gasteiger partial charge in [0.25, 0.3) is 5.91 Å². The van der Waals surface area contributed by atoms with Crippen LogP contribution in [0.3, 0.4) is 0 Å². The lowest BCUT2D eigenvalue weighted by molar-refractivity contribution is 0.0804. The zero-order chi connectivity index (χ0) is 22.5. The summed E-state index contributed by atoms with van der Waals surface area (Å²) in [6.07, 6.45) is 3.60. The number of hydrogen-bond acceptors (Lipinski definition) is 6. The highest BCUT2D eigenvalue weighted by atomic mass is 35.5. The SMILES string of the molecule is COc1ccc2c(c1)C(=O)N(CCCCN1CCN(c3cccc(Cl)n3)CC1)C(C)=CO2. The molecular weight excluding hydrogens is 428 g/mol. The van der Waals surface area contributed by atoms with Crippen LogP contribution in [0.15, 0.2) is 48.4 Å². The summed E-state index contributed by atoms with van der Waals surface area (Å²) in [5.41, 5.74) is 1.34. The van der Waals surface area contributed by atoms with Crippen molar-refractivity contribution in [3.8, 4) is 11.5 Å². The summed E-state index contributed by atoms with van der Waals surface area (Å²) in [5.74, 6) is 2.10. The van der Waals surface area contributed by atoms with Gasteiger partial charge in [0.1, 0.15) is 28.7 Å². The summed E-state index contributed by atoms with van der Waals surface area (Å²) in [6, 6.07) is 11.1. The fourth-order valence-corrected chi connectivity index (χ4v) is 4.24. The van der Waals surface area contributed by atoms with E-state index in [1.165, 1.54) is 0 Å². The van der Waals surface area contributed by atoms with Crippen molar-refractivity contribution in [3.05, 3.63) is 59.1 Å². The van der Waals surface area contributed by atoms with Crippen LogP contribution < -0.4 is 14.4 Å². The highest BCUT2D eigenvalue weighted by Crippen LogP contribution is 2.29. The Kier molecular flexibility index (Phi) is 7.17. The van der Waals surface area contributed by atoms with E-state index in [-0.39, 0.29) is 5.91 Å². The smallest absolute Gasteiger partial charge is 0.262 e. The van der Waals surface area contributed by atoms with E-state index < -0.39 is 0 Å². The van der Waals surface area contributed by atoms with Crippen LogP contribution in [0, 0.1) is 0 Å². The molecule has 0 bridgehead atoms. The van der Waals surface area contributed by atoms with Gasteiger partial charge in [0.05, 0.1) is 18.4 Å². The molecule has 0 N–H and O–H groups in total. The molecule has 0 aliphatic carbocycles. The van der Waals surface area contributed by atoms with Gasteiger partial charge in [-0.1, -0.05) is 17.7 Å². The van der Waals surface area contributed by atoms with Gasteiger partial charge >= 0.3 is 0 Å². The van der Waals surface area contributed by atoms with Crippen LogP contribution in [0.5, 0.6) is 11.5 Å². The number of aromatic nitrogens is 1. The van der Waals surface area contributed by atoms with Gasteiger partial charge in [0.15, 0.2) is 0 Å². The molecule has 170 valence electrons. The van der Waals surface area contributed by atoms with E-state index in [0.717, 1.165) is 57.1 Å². The number of unbranched alkanes of at least 4 members (excludes halogenated alkanes) is 1. The Labute approximate surface area is 194 Å². The summed E-state index contributed by atoms with van der Waals surface area (Å²) < 4.78 is 11.0. The monoisotopic (exact) mass is 456 g/mol. The molecule has 0 saturated carbocycles. The summed E-state index contributed by atoms with van der Waals surface area (Å²) in [5, 5.41) is 0.531. The minimum Gasteiger partial charge on any atom is -0.497 e. The maximum absolute atomic E-state index is 13.1. The van der Waals surface area contributed by atoms with Gasteiger partial charge in [-0.25, -0.2) is 4.98 Å². The van der Waals surface area contributed by atoms with E-state index in [1.54, 1.807) is 42.5 Å². The highest BCUT2D eigenvalue weighted by Gasteiger charge is 2.25. The number of rotatable bonds is 7. The Morgan fingerprint density at radius 2 is 1.88 bits per heavy atom. The van der Waals surface area contributed by atoms with Crippen LogP contribution in [0.2, 0.25) is 5.15 Å². The maximum atomic E-state index is 13.1. The Hall–Kier alpha value is -2.77. The molecule has 8 heteroatoms. The van der Waals surface area contributed by atoms with E-state index in [4.69, 9.17) is 21.1 Å². The second-order valence-corrected chi connectivity index (χ2v) is 8.44. The van der Waals surface area contributed by atoms with Gasteiger partial charge in [-0.2, -0.15) is 0 Å². The number of carbonyl (C=O) groups is 1. The Bertz CT molecular complexity index is 989. The molecular formula is C24H29ClN4O3. The molecule has 4 rings (SSSR count). The number of nitrogens with zero attached hydrogens (tertiary/aromatic N) is 4. The van der Waals surface area contributed by atoms with Crippen LogP contribution >= 0.6 is 11.6 Å².